The molecule has 0 heterocycles. The Hall–Kier alpha value is -1.38. The zero-order valence-corrected chi connectivity index (χ0v) is 24.6. The second-order valence-corrected chi connectivity index (χ2v) is 13.5. The van der Waals surface area contributed by atoms with Crippen LogP contribution in [0.4, 0.5) is 0 Å². The van der Waals surface area contributed by atoms with E-state index in [4.69, 9.17) is 11.5 Å². The third kappa shape index (κ3) is 10.4. The van der Waals surface area contributed by atoms with Crippen LogP contribution in [0.15, 0.2) is 11.6 Å². The number of nitrogens with one attached hydrogen (secondary N) is 2. The first kappa shape index (κ1) is 31.8. The minimum atomic E-state index is -0.619. The molecule has 0 bridgehead atoms. The molecule has 0 aromatic rings. The Kier molecular flexibility index (Phi) is 13.1. The van der Waals surface area contributed by atoms with E-state index in [2.05, 4.69) is 38.3 Å². The van der Waals surface area contributed by atoms with E-state index in [-0.39, 0.29) is 35.5 Å². The Morgan fingerprint density at radius 3 is 2.51 bits per heavy atom. The van der Waals surface area contributed by atoms with Crippen LogP contribution < -0.4 is 22.1 Å². The molecule has 2 aliphatic carbocycles. The summed E-state index contributed by atoms with van der Waals surface area (Å²) in [6, 6.07) is -0.619. The normalized spacial score (nSPS) is 23.2. The Balaban J connectivity index is 1.67. The van der Waals surface area contributed by atoms with Gasteiger partial charge in [-0.1, -0.05) is 40.7 Å². The van der Waals surface area contributed by atoms with E-state index >= 15 is 0 Å². The molecule has 2 rings (SSSR count). The molecule has 1 saturated carbocycles. The molecule has 3 atom stereocenters. The lowest BCUT2D eigenvalue weighted by Gasteiger charge is -2.48. The van der Waals surface area contributed by atoms with Crippen molar-refractivity contribution in [3.63, 3.8) is 0 Å². The molecule has 1 fully saturated rings. The monoisotopic (exact) mass is 536 g/mol. The van der Waals surface area contributed by atoms with Crippen LogP contribution in [0.5, 0.6) is 0 Å². The van der Waals surface area contributed by atoms with Crippen molar-refractivity contribution in [1.82, 2.24) is 10.6 Å². The van der Waals surface area contributed by atoms with E-state index in [0.717, 1.165) is 62.1 Å². The minimum absolute atomic E-state index is 0.00164. The lowest BCUT2D eigenvalue weighted by atomic mass is 9.57. The number of carbonyl (C=O) groups excluding carboxylic acids is 3. The Morgan fingerprint density at radius 1 is 1.16 bits per heavy atom. The number of hydrogen-bond acceptors (Lipinski definition) is 6. The molecule has 7 nitrogen and oxygen atoms in total. The maximum absolute atomic E-state index is 12.7. The fourth-order valence-corrected chi connectivity index (χ4v) is 6.28. The highest BCUT2D eigenvalue weighted by Gasteiger charge is 2.43. The smallest absolute Gasteiger partial charge is 0.237 e. The van der Waals surface area contributed by atoms with Gasteiger partial charge in [-0.25, -0.2) is 0 Å². The summed E-state index contributed by atoms with van der Waals surface area (Å²) in [4.78, 5) is 37.5. The van der Waals surface area contributed by atoms with Crippen LogP contribution >= 0.6 is 11.8 Å². The maximum Gasteiger partial charge on any atom is 0.237 e. The van der Waals surface area contributed by atoms with Crippen LogP contribution in [-0.4, -0.2) is 54.8 Å². The van der Waals surface area contributed by atoms with Crippen LogP contribution in [0.25, 0.3) is 0 Å². The number of thioether (sulfide) groups is 1. The van der Waals surface area contributed by atoms with Crippen molar-refractivity contribution >= 4 is 29.4 Å². The van der Waals surface area contributed by atoms with Gasteiger partial charge in [-0.15, -0.1) is 0 Å². The third-order valence-corrected chi connectivity index (χ3v) is 9.77. The fraction of sp³-hybridized carbons (Fsp3) is 0.828. The molecule has 2 aliphatic rings. The average molecular weight is 537 g/mol. The summed E-state index contributed by atoms with van der Waals surface area (Å²) in [6.45, 7) is 12.3. The molecule has 212 valence electrons. The van der Waals surface area contributed by atoms with E-state index in [1.54, 1.807) is 0 Å². The summed E-state index contributed by atoms with van der Waals surface area (Å²) >= 11 is 1.83. The summed E-state index contributed by atoms with van der Waals surface area (Å²) < 4.78 is 0. The number of allylic oxidation sites excluding steroid dienone is 1. The van der Waals surface area contributed by atoms with Gasteiger partial charge in [-0.05, 0) is 84.9 Å². The van der Waals surface area contributed by atoms with Crippen LogP contribution in [0.2, 0.25) is 0 Å². The average Bonchev–Trinajstić information content (AvgIpc) is 3.28. The van der Waals surface area contributed by atoms with Crippen molar-refractivity contribution in [1.29, 1.82) is 0 Å². The molecule has 2 amide bonds. The Morgan fingerprint density at radius 2 is 1.86 bits per heavy atom. The van der Waals surface area contributed by atoms with Crippen molar-refractivity contribution in [2.24, 2.45) is 46.5 Å². The second-order valence-electron chi connectivity index (χ2n) is 12.4. The van der Waals surface area contributed by atoms with Crippen LogP contribution in [-0.2, 0) is 14.4 Å². The molecule has 0 radical (unpaired) electrons. The number of rotatable bonds is 17. The first-order valence-corrected chi connectivity index (χ1v) is 15.4. The van der Waals surface area contributed by atoms with E-state index < -0.39 is 6.04 Å². The number of Topliss-reactive ketones (excluding diaryl/α,β-unsaturated/α-hetero) is 1. The molecule has 6 N–H and O–H groups in total. The molecular weight excluding hydrogens is 484 g/mol. The Bertz CT molecular complexity index is 792. The van der Waals surface area contributed by atoms with Gasteiger partial charge in [0.05, 0.1) is 12.6 Å². The van der Waals surface area contributed by atoms with Crippen LogP contribution in [0.1, 0.15) is 79.6 Å². The van der Waals surface area contributed by atoms with E-state index in [1.807, 2.05) is 24.8 Å². The highest BCUT2D eigenvalue weighted by Crippen LogP contribution is 2.50. The van der Waals surface area contributed by atoms with Gasteiger partial charge in [0.25, 0.3) is 0 Å². The van der Waals surface area contributed by atoms with Gasteiger partial charge in [0.1, 0.15) is 0 Å². The summed E-state index contributed by atoms with van der Waals surface area (Å²) in [5.74, 6) is 3.92. The molecule has 0 aliphatic heterocycles. The second kappa shape index (κ2) is 15.3. The topological polar surface area (TPSA) is 127 Å². The molecular formula is C29H52N4O3S. The van der Waals surface area contributed by atoms with E-state index in [1.165, 1.54) is 0 Å². The van der Waals surface area contributed by atoms with Gasteiger partial charge in [-0.2, -0.15) is 11.8 Å². The Labute approximate surface area is 229 Å². The van der Waals surface area contributed by atoms with Gasteiger partial charge in [0.2, 0.25) is 11.8 Å². The zero-order chi connectivity index (χ0) is 27.6. The fourth-order valence-electron chi connectivity index (χ4n) is 5.36. The summed E-state index contributed by atoms with van der Waals surface area (Å²) in [6.07, 6.45) is 8.21. The van der Waals surface area contributed by atoms with Crippen LogP contribution in [0, 0.1) is 35.0 Å². The van der Waals surface area contributed by atoms with Crippen molar-refractivity contribution < 1.29 is 14.4 Å². The quantitative estimate of drug-likeness (QED) is 0.210. The van der Waals surface area contributed by atoms with Gasteiger partial charge in [-0.3, -0.25) is 14.4 Å². The molecule has 37 heavy (non-hydrogen) atoms. The van der Waals surface area contributed by atoms with E-state index in [9.17, 15) is 14.4 Å². The lowest BCUT2D eigenvalue weighted by molar-refractivity contribution is -0.127. The van der Waals surface area contributed by atoms with Crippen molar-refractivity contribution in [3.8, 4) is 0 Å². The first-order valence-electron chi connectivity index (χ1n) is 14.2. The molecule has 0 aromatic heterocycles. The van der Waals surface area contributed by atoms with Crippen molar-refractivity contribution in [3.05, 3.63) is 11.6 Å². The SMILES string of the molecule is CC(C)CCNC(=O)CCC(C)(C)C1CC(C(C)C(N)C(=O)NCC(=O)C2=CCC(CSCCN)C2)C1. The zero-order valence-electron chi connectivity index (χ0n) is 23.8. The molecule has 0 aromatic carbocycles. The standard InChI is InChI=1S/C29H52N4O3S/c1-19(2)9-12-32-26(35)8-10-29(4,5)24-15-23(16-24)20(3)27(31)28(36)33-17-25(34)22-7-6-21(14-22)18-37-13-11-30/h7,19-21,23-24,27H,6,8-18,30-31H2,1-5H3,(H,32,35)(H,33,36). The predicted octanol–water partition coefficient (Wildman–Crippen LogP) is 3.66. The minimum Gasteiger partial charge on any atom is -0.356 e. The molecule has 0 saturated heterocycles. The number of nitrogens with two attached hydrogens (primary N) is 2. The van der Waals surface area contributed by atoms with Gasteiger partial charge >= 0.3 is 0 Å². The van der Waals surface area contributed by atoms with Crippen molar-refractivity contribution in [2.45, 2.75) is 85.6 Å². The molecule has 0 spiro atoms. The van der Waals surface area contributed by atoms with Gasteiger partial charge in [0, 0.05) is 25.3 Å². The molecule has 3 unspecified atom stereocenters. The highest BCUT2D eigenvalue weighted by atomic mass is 32.2. The van der Waals surface area contributed by atoms with Gasteiger partial charge in [0.15, 0.2) is 5.78 Å². The van der Waals surface area contributed by atoms with E-state index in [0.29, 0.717) is 36.6 Å². The first-order chi connectivity index (χ1) is 17.4. The number of amides is 2. The third-order valence-electron chi connectivity index (χ3n) is 8.54. The summed E-state index contributed by atoms with van der Waals surface area (Å²) in [7, 11) is 0. The van der Waals surface area contributed by atoms with Crippen molar-refractivity contribution in [2.75, 3.05) is 31.1 Å². The molecule has 8 heteroatoms. The summed E-state index contributed by atoms with van der Waals surface area (Å²) in [5, 5.41) is 5.82. The predicted molar refractivity (Wildman–Crippen MR) is 154 cm³/mol. The number of ketones is 1. The largest absolute Gasteiger partial charge is 0.356 e. The highest BCUT2D eigenvalue weighted by molar-refractivity contribution is 7.99. The number of hydrogen-bond donors (Lipinski definition) is 4. The summed E-state index contributed by atoms with van der Waals surface area (Å²) in [5.41, 5.74) is 12.8. The lowest BCUT2D eigenvalue weighted by Crippen LogP contribution is -2.51. The van der Waals surface area contributed by atoms with Crippen LogP contribution in [0.3, 0.4) is 0 Å². The number of carbonyl (C=O) groups is 3. The van der Waals surface area contributed by atoms with Gasteiger partial charge < -0.3 is 22.1 Å². The maximum atomic E-state index is 12.7.